The highest BCUT2D eigenvalue weighted by molar-refractivity contribution is 7.80. The minimum absolute atomic E-state index is 0.0524. The van der Waals surface area contributed by atoms with Crippen LogP contribution in [0.1, 0.15) is 13.8 Å². The summed E-state index contributed by atoms with van der Waals surface area (Å²) >= 11 is 4.22. The second-order valence-corrected chi connectivity index (χ2v) is 4.10. The molecular weight excluding hydrogens is 182 g/mol. The van der Waals surface area contributed by atoms with E-state index in [1.54, 1.807) is 0 Å². The molecule has 0 N–H and O–H groups in total. The van der Waals surface area contributed by atoms with Crippen molar-refractivity contribution in [1.82, 2.24) is 4.90 Å². The van der Waals surface area contributed by atoms with E-state index in [0.717, 1.165) is 12.3 Å². The third-order valence-corrected chi connectivity index (χ3v) is 2.52. The van der Waals surface area contributed by atoms with Gasteiger partial charge in [0.1, 0.15) is 0 Å². The molecule has 72 valence electrons. The van der Waals surface area contributed by atoms with Crippen molar-refractivity contribution in [2.75, 3.05) is 25.4 Å². The summed E-state index contributed by atoms with van der Waals surface area (Å²) in [7, 11) is 0. The summed E-state index contributed by atoms with van der Waals surface area (Å²) in [5, 5.41) is 17.0. The molecule has 0 aliphatic carbocycles. The van der Waals surface area contributed by atoms with E-state index in [2.05, 4.69) is 26.5 Å². The van der Waals surface area contributed by atoms with E-state index in [4.69, 9.17) is 10.5 Å². The van der Waals surface area contributed by atoms with Crippen LogP contribution in [0, 0.1) is 28.1 Å². The normalized spacial score (nSPS) is 10.9. The van der Waals surface area contributed by atoms with Gasteiger partial charge in [-0.2, -0.15) is 23.2 Å². The molecule has 0 heterocycles. The Morgan fingerprint density at radius 2 is 1.69 bits per heavy atom. The Hall–Kier alpha value is -0.710. The van der Waals surface area contributed by atoms with Crippen molar-refractivity contribution in [2.24, 2.45) is 5.41 Å². The molecule has 3 nitrogen and oxygen atoms in total. The summed E-state index contributed by atoms with van der Waals surface area (Å²) in [5.41, 5.74) is 0.0524. The Kier molecular flexibility index (Phi) is 5.53. The van der Waals surface area contributed by atoms with E-state index in [9.17, 15) is 0 Å². The Bertz CT molecular complexity index is 208. The summed E-state index contributed by atoms with van der Waals surface area (Å²) in [4.78, 5) is 1.83. The van der Waals surface area contributed by atoms with Crippen molar-refractivity contribution >= 4 is 12.6 Å². The summed E-state index contributed by atoms with van der Waals surface area (Å²) < 4.78 is 0. The lowest BCUT2D eigenvalue weighted by atomic mass is 9.95. The summed E-state index contributed by atoms with van der Waals surface area (Å²) in [6, 6.07) is 4.10. The summed E-state index contributed by atoms with van der Waals surface area (Å²) in [6.07, 6.45) is 0. The molecule has 0 aromatic heterocycles. The zero-order chi connectivity index (χ0) is 10.3. The average molecular weight is 197 g/mol. The van der Waals surface area contributed by atoms with Gasteiger partial charge in [-0.25, -0.2) is 0 Å². The molecule has 0 atom stereocenters. The van der Waals surface area contributed by atoms with Gasteiger partial charge < -0.3 is 0 Å². The molecule has 0 aliphatic heterocycles. The highest BCUT2D eigenvalue weighted by atomic mass is 32.1. The average Bonchev–Trinajstić information content (AvgIpc) is 2.05. The lowest BCUT2D eigenvalue weighted by Crippen LogP contribution is -2.35. The van der Waals surface area contributed by atoms with Gasteiger partial charge in [-0.3, -0.25) is 4.90 Å². The first kappa shape index (κ1) is 12.3. The van der Waals surface area contributed by atoms with Gasteiger partial charge in [0.15, 0.2) is 0 Å². The van der Waals surface area contributed by atoms with Crippen molar-refractivity contribution in [1.29, 1.82) is 10.5 Å². The molecule has 0 radical (unpaired) electrons. The Balaban J connectivity index is 4.11. The van der Waals surface area contributed by atoms with Crippen molar-refractivity contribution in [3.63, 3.8) is 0 Å². The molecule has 0 unspecified atom stereocenters. The molecule has 0 rings (SSSR count). The number of nitrogens with zero attached hydrogens (tertiary/aromatic N) is 3. The molecule has 0 saturated carbocycles. The molecule has 0 amide bonds. The number of hydrogen-bond donors (Lipinski definition) is 1. The molecule has 0 aromatic rings. The van der Waals surface area contributed by atoms with Crippen LogP contribution in [0.5, 0.6) is 0 Å². The maximum Gasteiger partial charge on any atom is 0.0874 e. The predicted octanol–water partition coefficient (Wildman–Crippen LogP) is 1.29. The minimum Gasteiger partial charge on any atom is -0.277 e. The maximum atomic E-state index is 8.51. The fourth-order valence-corrected chi connectivity index (χ4v) is 1.12. The molecule has 4 heteroatoms. The second-order valence-electron chi connectivity index (χ2n) is 3.78. The second kappa shape index (κ2) is 5.85. The SMILES string of the molecule is CC(C)(CS)CN(CC#N)CC#N. The largest absolute Gasteiger partial charge is 0.277 e. The van der Waals surface area contributed by atoms with Gasteiger partial charge in [0.2, 0.25) is 0 Å². The van der Waals surface area contributed by atoms with Crippen LogP contribution >= 0.6 is 12.6 Å². The first-order chi connectivity index (χ1) is 6.05. The highest BCUT2D eigenvalue weighted by Gasteiger charge is 2.19. The van der Waals surface area contributed by atoms with Gasteiger partial charge >= 0.3 is 0 Å². The van der Waals surface area contributed by atoms with Crippen LogP contribution in [0.3, 0.4) is 0 Å². The molecule has 0 fully saturated rings. The number of hydrogen-bond acceptors (Lipinski definition) is 4. The monoisotopic (exact) mass is 197 g/mol. The van der Waals surface area contributed by atoms with E-state index in [1.807, 2.05) is 17.0 Å². The lowest BCUT2D eigenvalue weighted by Gasteiger charge is -2.28. The van der Waals surface area contributed by atoms with E-state index < -0.39 is 0 Å². The van der Waals surface area contributed by atoms with Gasteiger partial charge in [-0.15, -0.1) is 0 Å². The van der Waals surface area contributed by atoms with Gasteiger partial charge in [-0.1, -0.05) is 13.8 Å². The zero-order valence-electron chi connectivity index (χ0n) is 8.12. The number of nitriles is 2. The molecular formula is C9H15N3S. The van der Waals surface area contributed by atoms with Crippen LogP contribution in [-0.4, -0.2) is 30.3 Å². The van der Waals surface area contributed by atoms with Crippen LogP contribution in [0.25, 0.3) is 0 Å². The number of rotatable bonds is 5. The van der Waals surface area contributed by atoms with Gasteiger partial charge in [0.05, 0.1) is 25.2 Å². The lowest BCUT2D eigenvalue weighted by molar-refractivity contribution is 0.234. The van der Waals surface area contributed by atoms with Crippen LogP contribution < -0.4 is 0 Å². The van der Waals surface area contributed by atoms with Gasteiger partial charge in [0.25, 0.3) is 0 Å². The predicted molar refractivity (Wildman–Crippen MR) is 55.3 cm³/mol. The smallest absolute Gasteiger partial charge is 0.0874 e. The molecule has 0 saturated heterocycles. The Morgan fingerprint density at radius 1 is 1.23 bits per heavy atom. The molecule has 0 aromatic carbocycles. The fraction of sp³-hybridized carbons (Fsp3) is 0.778. The van der Waals surface area contributed by atoms with E-state index in [0.29, 0.717) is 13.1 Å². The zero-order valence-corrected chi connectivity index (χ0v) is 9.01. The standard InChI is InChI=1S/C9H15N3S/c1-9(2,8-13)7-12(5-3-10)6-4-11/h13H,5-8H2,1-2H3. The van der Waals surface area contributed by atoms with Crippen molar-refractivity contribution < 1.29 is 0 Å². The van der Waals surface area contributed by atoms with E-state index in [-0.39, 0.29) is 5.41 Å². The molecule has 13 heavy (non-hydrogen) atoms. The topological polar surface area (TPSA) is 50.8 Å². The maximum absolute atomic E-state index is 8.51. The van der Waals surface area contributed by atoms with E-state index >= 15 is 0 Å². The Morgan fingerprint density at radius 3 is 2.00 bits per heavy atom. The minimum atomic E-state index is 0.0524. The number of thiol groups is 1. The fourth-order valence-electron chi connectivity index (χ4n) is 1.02. The highest BCUT2D eigenvalue weighted by Crippen LogP contribution is 2.17. The molecule has 0 spiro atoms. The third-order valence-electron chi connectivity index (χ3n) is 1.67. The first-order valence-corrected chi connectivity index (χ1v) is 4.76. The van der Waals surface area contributed by atoms with Crippen molar-refractivity contribution in [3.05, 3.63) is 0 Å². The Labute approximate surface area is 85.4 Å². The van der Waals surface area contributed by atoms with Crippen LogP contribution in [0.15, 0.2) is 0 Å². The molecule has 0 aliphatic rings. The molecule has 0 bridgehead atoms. The summed E-state index contributed by atoms with van der Waals surface area (Å²) in [5.74, 6) is 0.750. The van der Waals surface area contributed by atoms with Crippen molar-refractivity contribution in [2.45, 2.75) is 13.8 Å². The van der Waals surface area contributed by atoms with Gasteiger partial charge in [-0.05, 0) is 11.2 Å². The van der Waals surface area contributed by atoms with Crippen molar-refractivity contribution in [3.8, 4) is 12.1 Å². The van der Waals surface area contributed by atoms with Crippen LogP contribution in [0.2, 0.25) is 0 Å². The van der Waals surface area contributed by atoms with Gasteiger partial charge in [0, 0.05) is 6.54 Å². The summed E-state index contributed by atoms with van der Waals surface area (Å²) in [6.45, 7) is 5.50. The van der Waals surface area contributed by atoms with E-state index in [1.165, 1.54) is 0 Å². The first-order valence-electron chi connectivity index (χ1n) is 4.13. The quantitative estimate of drug-likeness (QED) is 0.534. The van der Waals surface area contributed by atoms with Crippen LogP contribution in [0.4, 0.5) is 0 Å². The van der Waals surface area contributed by atoms with Crippen LogP contribution in [-0.2, 0) is 0 Å². The third kappa shape index (κ3) is 5.52.